The number of anilines is 1. The minimum absolute atomic E-state index is 0.0241. The van der Waals surface area contributed by atoms with Crippen LogP contribution in [0.25, 0.3) is 0 Å². The third kappa shape index (κ3) is 3.02. The number of nitrogens with zero attached hydrogens (tertiary/aromatic N) is 2. The molecule has 6 heteroatoms. The Bertz CT molecular complexity index is 730. The number of nitrogens with one attached hydrogen (secondary N) is 2. The summed E-state index contributed by atoms with van der Waals surface area (Å²) in [6.07, 6.45) is 11.3. The summed E-state index contributed by atoms with van der Waals surface area (Å²) in [4.78, 5) is 22.2. The van der Waals surface area contributed by atoms with Gasteiger partial charge in [0.15, 0.2) is 0 Å². The first-order chi connectivity index (χ1) is 13.0. The molecule has 1 amide bonds. The highest BCUT2D eigenvalue weighted by Crippen LogP contribution is 2.55. The second kappa shape index (κ2) is 6.43. The summed E-state index contributed by atoms with van der Waals surface area (Å²) in [5.41, 5.74) is 1.09. The van der Waals surface area contributed by atoms with Gasteiger partial charge in [0.2, 0.25) is 5.95 Å². The van der Waals surface area contributed by atoms with Crippen LogP contribution in [0.1, 0.15) is 79.8 Å². The van der Waals surface area contributed by atoms with E-state index in [-0.39, 0.29) is 11.9 Å². The van der Waals surface area contributed by atoms with E-state index in [1.165, 1.54) is 12.8 Å². The minimum Gasteiger partial charge on any atom is -0.390 e. The maximum absolute atomic E-state index is 13.2. The standard InChI is InChI=1S/C21H30N4O2/c1-22-20-23-11-16(18(25-20)13-4-2-3-5-13)19(26)24-17-14-6-12-7-15(17)10-21(27,8-12)9-14/h11-15,17,27H,2-10H2,1H3,(H,24,26)(H,22,23,25)/t12?,14?,15?,17-,21+. The molecule has 0 spiro atoms. The molecule has 1 aromatic heterocycles. The van der Waals surface area contributed by atoms with E-state index in [4.69, 9.17) is 0 Å². The van der Waals surface area contributed by atoms with Crippen molar-refractivity contribution >= 4 is 11.9 Å². The first kappa shape index (κ1) is 17.4. The van der Waals surface area contributed by atoms with Gasteiger partial charge in [0, 0.05) is 25.2 Å². The second-order valence-corrected chi connectivity index (χ2v) is 9.42. The SMILES string of the molecule is CNc1ncc(C(=O)N[C@H]2C3CC4CC2C[C@@](O)(C4)C3)c(C2CCCC2)n1. The highest BCUT2D eigenvalue weighted by Gasteiger charge is 2.55. The van der Waals surface area contributed by atoms with Crippen LogP contribution < -0.4 is 10.6 Å². The second-order valence-electron chi connectivity index (χ2n) is 9.42. The molecule has 0 saturated heterocycles. The van der Waals surface area contributed by atoms with Crippen molar-refractivity contribution in [1.29, 1.82) is 0 Å². The number of amides is 1. The Balaban J connectivity index is 1.38. The summed E-state index contributed by atoms with van der Waals surface area (Å²) in [6, 6.07) is 0.190. The lowest BCUT2D eigenvalue weighted by Crippen LogP contribution is -2.61. The lowest BCUT2D eigenvalue weighted by molar-refractivity contribution is -0.136. The Morgan fingerprint density at radius 3 is 2.52 bits per heavy atom. The molecule has 5 aliphatic carbocycles. The number of hydrogen-bond donors (Lipinski definition) is 3. The normalized spacial score (nSPS) is 37.6. The lowest BCUT2D eigenvalue weighted by Gasteiger charge is -2.58. The molecule has 5 fully saturated rings. The number of carbonyl (C=O) groups is 1. The van der Waals surface area contributed by atoms with Crippen LogP contribution in [0.3, 0.4) is 0 Å². The molecular weight excluding hydrogens is 340 g/mol. The number of carbonyl (C=O) groups excluding carboxylic acids is 1. The van der Waals surface area contributed by atoms with Crippen LogP contribution in [0.2, 0.25) is 0 Å². The molecule has 5 aliphatic rings. The van der Waals surface area contributed by atoms with Gasteiger partial charge in [-0.2, -0.15) is 0 Å². The van der Waals surface area contributed by atoms with E-state index >= 15 is 0 Å². The molecule has 27 heavy (non-hydrogen) atoms. The Labute approximate surface area is 160 Å². The largest absolute Gasteiger partial charge is 0.390 e. The Morgan fingerprint density at radius 1 is 1.19 bits per heavy atom. The molecule has 2 atom stereocenters. The molecule has 0 radical (unpaired) electrons. The molecule has 146 valence electrons. The predicted octanol–water partition coefficient (Wildman–Crippen LogP) is 2.85. The predicted molar refractivity (Wildman–Crippen MR) is 103 cm³/mol. The molecule has 4 bridgehead atoms. The van der Waals surface area contributed by atoms with E-state index in [2.05, 4.69) is 20.6 Å². The number of aromatic nitrogens is 2. The van der Waals surface area contributed by atoms with Crippen molar-refractivity contribution in [3.8, 4) is 0 Å². The van der Waals surface area contributed by atoms with E-state index in [1.54, 1.807) is 6.20 Å². The van der Waals surface area contributed by atoms with Gasteiger partial charge in [0.25, 0.3) is 5.91 Å². The summed E-state index contributed by atoms with van der Waals surface area (Å²) in [5, 5.41) is 17.1. The van der Waals surface area contributed by atoms with Crippen molar-refractivity contribution in [3.63, 3.8) is 0 Å². The summed E-state index contributed by atoms with van der Waals surface area (Å²) >= 11 is 0. The molecule has 0 aromatic carbocycles. The van der Waals surface area contributed by atoms with Crippen molar-refractivity contribution in [1.82, 2.24) is 15.3 Å². The highest BCUT2D eigenvalue weighted by atomic mass is 16.3. The summed E-state index contributed by atoms with van der Waals surface area (Å²) in [6.45, 7) is 0. The molecule has 2 unspecified atom stereocenters. The van der Waals surface area contributed by atoms with Gasteiger partial charge < -0.3 is 15.7 Å². The number of rotatable bonds is 4. The van der Waals surface area contributed by atoms with Crippen molar-refractivity contribution < 1.29 is 9.90 Å². The van der Waals surface area contributed by atoms with Crippen molar-refractivity contribution in [3.05, 3.63) is 17.5 Å². The Morgan fingerprint density at radius 2 is 1.89 bits per heavy atom. The van der Waals surface area contributed by atoms with Gasteiger partial charge >= 0.3 is 0 Å². The van der Waals surface area contributed by atoms with E-state index in [0.717, 1.165) is 50.6 Å². The fourth-order valence-electron chi connectivity index (χ4n) is 6.65. The summed E-state index contributed by atoms with van der Waals surface area (Å²) in [7, 11) is 1.81. The zero-order chi connectivity index (χ0) is 18.6. The number of aliphatic hydroxyl groups is 1. The fourth-order valence-corrected chi connectivity index (χ4v) is 6.65. The van der Waals surface area contributed by atoms with Crippen LogP contribution in [-0.4, -0.2) is 39.7 Å². The van der Waals surface area contributed by atoms with Gasteiger partial charge in [-0.15, -0.1) is 0 Å². The van der Waals surface area contributed by atoms with Crippen LogP contribution in [0.4, 0.5) is 5.95 Å². The van der Waals surface area contributed by atoms with Crippen molar-refractivity contribution in [2.45, 2.75) is 75.3 Å². The average Bonchev–Trinajstić information content (AvgIpc) is 3.17. The van der Waals surface area contributed by atoms with Crippen LogP contribution in [0.15, 0.2) is 6.20 Å². The highest BCUT2D eigenvalue weighted by molar-refractivity contribution is 5.95. The third-order valence-electron chi connectivity index (χ3n) is 7.57. The Hall–Kier alpha value is -1.69. The lowest BCUT2D eigenvalue weighted by atomic mass is 9.52. The first-order valence-corrected chi connectivity index (χ1v) is 10.6. The maximum Gasteiger partial charge on any atom is 0.254 e. The molecular formula is C21H30N4O2. The zero-order valence-electron chi connectivity index (χ0n) is 16.1. The van der Waals surface area contributed by atoms with Gasteiger partial charge in [0.1, 0.15) is 0 Å². The molecule has 1 heterocycles. The zero-order valence-corrected chi connectivity index (χ0v) is 16.1. The molecule has 3 N–H and O–H groups in total. The van der Waals surface area contributed by atoms with Gasteiger partial charge in [-0.25, -0.2) is 9.97 Å². The average molecular weight is 370 g/mol. The number of hydrogen-bond acceptors (Lipinski definition) is 5. The first-order valence-electron chi connectivity index (χ1n) is 10.6. The van der Waals surface area contributed by atoms with Crippen LogP contribution in [-0.2, 0) is 0 Å². The van der Waals surface area contributed by atoms with E-state index in [1.807, 2.05) is 7.05 Å². The van der Waals surface area contributed by atoms with E-state index < -0.39 is 5.60 Å². The van der Waals surface area contributed by atoms with E-state index in [9.17, 15) is 9.90 Å². The molecule has 0 aliphatic heterocycles. The van der Waals surface area contributed by atoms with Gasteiger partial charge in [-0.3, -0.25) is 4.79 Å². The Kier molecular flexibility index (Phi) is 4.15. The van der Waals surface area contributed by atoms with Gasteiger partial charge in [-0.05, 0) is 62.7 Å². The van der Waals surface area contributed by atoms with Crippen LogP contribution >= 0.6 is 0 Å². The summed E-state index contributed by atoms with van der Waals surface area (Å²) in [5.74, 6) is 2.40. The molecule has 1 aromatic rings. The monoisotopic (exact) mass is 370 g/mol. The topological polar surface area (TPSA) is 87.1 Å². The molecule has 6 rings (SSSR count). The quantitative estimate of drug-likeness (QED) is 0.759. The van der Waals surface area contributed by atoms with Gasteiger partial charge in [-0.1, -0.05) is 12.8 Å². The van der Waals surface area contributed by atoms with Crippen LogP contribution in [0.5, 0.6) is 0 Å². The van der Waals surface area contributed by atoms with E-state index in [0.29, 0.717) is 35.2 Å². The minimum atomic E-state index is -0.468. The van der Waals surface area contributed by atoms with Crippen molar-refractivity contribution in [2.24, 2.45) is 17.8 Å². The molecule has 6 nitrogen and oxygen atoms in total. The van der Waals surface area contributed by atoms with Crippen LogP contribution in [0, 0.1) is 17.8 Å². The molecule has 5 saturated carbocycles. The van der Waals surface area contributed by atoms with Crippen molar-refractivity contribution in [2.75, 3.05) is 12.4 Å². The van der Waals surface area contributed by atoms with Gasteiger partial charge in [0.05, 0.1) is 16.9 Å². The fraction of sp³-hybridized carbons (Fsp3) is 0.762. The maximum atomic E-state index is 13.2. The smallest absolute Gasteiger partial charge is 0.254 e. The third-order valence-corrected chi connectivity index (χ3v) is 7.57. The summed E-state index contributed by atoms with van der Waals surface area (Å²) < 4.78 is 0.